The largest absolute Gasteiger partial charge is 0.370 e. The minimum absolute atomic E-state index is 0.439. The summed E-state index contributed by atoms with van der Waals surface area (Å²) in [4.78, 5) is 18.2. The van der Waals surface area contributed by atoms with E-state index in [2.05, 4.69) is 16.0 Å². The van der Waals surface area contributed by atoms with Crippen molar-refractivity contribution in [2.75, 3.05) is 18.0 Å². The molecule has 0 bridgehead atoms. The Morgan fingerprint density at radius 3 is 2.52 bits per heavy atom. The third-order valence-electron chi connectivity index (χ3n) is 5.52. The van der Waals surface area contributed by atoms with Crippen molar-refractivity contribution < 1.29 is 4.79 Å². The van der Waals surface area contributed by atoms with Gasteiger partial charge in [-0.1, -0.05) is 36.4 Å². The fourth-order valence-corrected chi connectivity index (χ4v) is 3.91. The first-order valence-corrected chi connectivity index (χ1v) is 9.02. The maximum atomic E-state index is 11.6. The van der Waals surface area contributed by atoms with E-state index in [4.69, 9.17) is 5.73 Å². The number of hydrogen-bond acceptors (Lipinski definition) is 4. The van der Waals surface area contributed by atoms with Gasteiger partial charge in [0.05, 0.1) is 23.4 Å². The smallest absolute Gasteiger partial charge is 0.248 e. The van der Waals surface area contributed by atoms with Gasteiger partial charge in [-0.3, -0.25) is 9.78 Å². The SMILES string of the molecule is N#CC1(c2ccccc2)CCN(c2cncc3ccc(C(N)=O)cc23)CC1. The van der Waals surface area contributed by atoms with Gasteiger partial charge in [0.15, 0.2) is 0 Å². The van der Waals surface area contributed by atoms with Crippen molar-refractivity contribution in [1.82, 2.24) is 4.98 Å². The monoisotopic (exact) mass is 356 g/mol. The molecule has 0 atom stereocenters. The zero-order valence-electron chi connectivity index (χ0n) is 14.9. The van der Waals surface area contributed by atoms with Crippen LogP contribution in [-0.4, -0.2) is 24.0 Å². The fourth-order valence-electron chi connectivity index (χ4n) is 3.91. The molecular formula is C22H20N4O. The van der Waals surface area contributed by atoms with Crippen molar-refractivity contribution in [1.29, 1.82) is 5.26 Å². The number of piperidine rings is 1. The molecule has 0 unspecified atom stereocenters. The van der Waals surface area contributed by atoms with Crippen LogP contribution in [0, 0.1) is 11.3 Å². The Balaban J connectivity index is 1.66. The lowest BCUT2D eigenvalue weighted by atomic mass is 9.74. The third kappa shape index (κ3) is 3.00. The van der Waals surface area contributed by atoms with Gasteiger partial charge >= 0.3 is 0 Å². The summed E-state index contributed by atoms with van der Waals surface area (Å²) in [5.41, 5.74) is 7.55. The van der Waals surface area contributed by atoms with Crippen molar-refractivity contribution in [3.05, 3.63) is 72.1 Å². The van der Waals surface area contributed by atoms with Crippen LogP contribution in [0.5, 0.6) is 0 Å². The minimum Gasteiger partial charge on any atom is -0.370 e. The highest BCUT2D eigenvalue weighted by molar-refractivity contribution is 6.01. The lowest BCUT2D eigenvalue weighted by molar-refractivity contribution is 0.100. The molecular weight excluding hydrogens is 336 g/mol. The number of aromatic nitrogens is 1. The highest BCUT2D eigenvalue weighted by atomic mass is 16.1. The average Bonchev–Trinajstić information content (AvgIpc) is 2.73. The molecule has 1 fully saturated rings. The van der Waals surface area contributed by atoms with Gasteiger partial charge in [0, 0.05) is 35.6 Å². The quantitative estimate of drug-likeness (QED) is 0.780. The van der Waals surface area contributed by atoms with E-state index in [9.17, 15) is 10.1 Å². The number of amides is 1. The Morgan fingerprint density at radius 1 is 1.11 bits per heavy atom. The highest BCUT2D eigenvalue weighted by Crippen LogP contribution is 2.37. The number of anilines is 1. The predicted octanol–water partition coefficient (Wildman–Crippen LogP) is 3.40. The topological polar surface area (TPSA) is 83.0 Å². The van der Waals surface area contributed by atoms with Gasteiger partial charge < -0.3 is 10.6 Å². The van der Waals surface area contributed by atoms with Gasteiger partial charge in [0.2, 0.25) is 5.91 Å². The van der Waals surface area contributed by atoms with E-state index in [1.807, 2.05) is 48.7 Å². The van der Waals surface area contributed by atoms with E-state index in [1.165, 1.54) is 0 Å². The van der Waals surface area contributed by atoms with Gasteiger partial charge in [-0.25, -0.2) is 0 Å². The lowest BCUT2D eigenvalue weighted by Crippen LogP contribution is -2.42. The van der Waals surface area contributed by atoms with Crippen LogP contribution in [0.1, 0.15) is 28.8 Å². The van der Waals surface area contributed by atoms with Gasteiger partial charge in [0.1, 0.15) is 0 Å². The summed E-state index contributed by atoms with van der Waals surface area (Å²) < 4.78 is 0. The Kier molecular flexibility index (Phi) is 4.25. The number of carbonyl (C=O) groups is 1. The summed E-state index contributed by atoms with van der Waals surface area (Å²) in [5.74, 6) is -0.439. The first-order chi connectivity index (χ1) is 13.1. The molecule has 4 rings (SSSR count). The van der Waals surface area contributed by atoms with Crippen LogP contribution in [0.25, 0.3) is 10.8 Å². The zero-order chi connectivity index (χ0) is 18.9. The molecule has 1 amide bonds. The van der Waals surface area contributed by atoms with E-state index >= 15 is 0 Å². The van der Waals surface area contributed by atoms with Crippen molar-refractivity contribution in [3.63, 3.8) is 0 Å². The number of fused-ring (bicyclic) bond motifs is 1. The summed E-state index contributed by atoms with van der Waals surface area (Å²) in [5, 5.41) is 11.8. The number of pyridine rings is 1. The molecule has 1 aliphatic heterocycles. The number of benzene rings is 2. The second-order valence-electron chi connectivity index (χ2n) is 7.01. The normalized spacial score (nSPS) is 16.0. The molecule has 2 heterocycles. The summed E-state index contributed by atoms with van der Waals surface area (Å²) in [6.07, 6.45) is 5.12. The number of primary amides is 1. The van der Waals surface area contributed by atoms with Gasteiger partial charge in [-0.2, -0.15) is 5.26 Å². The van der Waals surface area contributed by atoms with E-state index in [-0.39, 0.29) is 0 Å². The second kappa shape index (κ2) is 6.73. The number of carbonyl (C=O) groups excluding carboxylic acids is 1. The van der Waals surface area contributed by atoms with Crippen molar-refractivity contribution in [2.24, 2.45) is 5.73 Å². The third-order valence-corrected chi connectivity index (χ3v) is 5.52. The summed E-state index contributed by atoms with van der Waals surface area (Å²) >= 11 is 0. The number of nitriles is 1. The Labute approximate surface area is 158 Å². The molecule has 27 heavy (non-hydrogen) atoms. The first-order valence-electron chi connectivity index (χ1n) is 9.02. The molecule has 0 spiro atoms. The van der Waals surface area contributed by atoms with Crippen LogP contribution in [0.3, 0.4) is 0 Å². The average molecular weight is 356 g/mol. The van der Waals surface area contributed by atoms with Crippen LogP contribution < -0.4 is 10.6 Å². The van der Waals surface area contributed by atoms with Crippen LogP contribution in [0.4, 0.5) is 5.69 Å². The van der Waals surface area contributed by atoms with Crippen molar-refractivity contribution in [3.8, 4) is 6.07 Å². The molecule has 2 aromatic carbocycles. The fraction of sp³-hybridized carbons (Fsp3) is 0.227. The van der Waals surface area contributed by atoms with Crippen molar-refractivity contribution >= 4 is 22.4 Å². The second-order valence-corrected chi connectivity index (χ2v) is 7.01. The highest BCUT2D eigenvalue weighted by Gasteiger charge is 2.36. The molecule has 2 N–H and O–H groups in total. The van der Waals surface area contributed by atoms with Crippen LogP contribution in [-0.2, 0) is 5.41 Å². The minimum atomic E-state index is -0.450. The summed E-state index contributed by atoms with van der Waals surface area (Å²) in [6, 6.07) is 18.0. The van der Waals surface area contributed by atoms with Crippen molar-refractivity contribution in [2.45, 2.75) is 18.3 Å². The Hall–Kier alpha value is -3.39. The zero-order valence-corrected chi connectivity index (χ0v) is 14.9. The van der Waals surface area contributed by atoms with Gasteiger partial charge in [-0.15, -0.1) is 0 Å². The van der Waals surface area contributed by atoms with E-state index in [1.54, 1.807) is 12.3 Å². The molecule has 0 aliphatic carbocycles. The predicted molar refractivity (Wildman–Crippen MR) is 105 cm³/mol. The molecule has 0 radical (unpaired) electrons. The standard InChI is InChI=1S/C22H20N4O/c23-15-22(18-4-2-1-3-5-18)8-10-26(11-9-22)20-14-25-13-17-7-6-16(21(24)27)12-19(17)20/h1-7,12-14H,8-11H2,(H2,24,27). The van der Waals surface area contributed by atoms with Crippen LogP contribution in [0.2, 0.25) is 0 Å². The molecule has 3 aromatic rings. The van der Waals surface area contributed by atoms with Crippen LogP contribution in [0.15, 0.2) is 60.9 Å². The van der Waals surface area contributed by atoms with E-state index in [0.29, 0.717) is 5.56 Å². The molecule has 5 heteroatoms. The first kappa shape index (κ1) is 17.0. The molecule has 134 valence electrons. The molecule has 5 nitrogen and oxygen atoms in total. The number of nitrogens with two attached hydrogens (primary N) is 1. The summed E-state index contributed by atoms with van der Waals surface area (Å²) in [6.45, 7) is 1.51. The van der Waals surface area contributed by atoms with Crippen LogP contribution >= 0.6 is 0 Å². The molecule has 0 saturated carbocycles. The van der Waals surface area contributed by atoms with Gasteiger partial charge in [0.25, 0.3) is 0 Å². The molecule has 1 aromatic heterocycles. The number of hydrogen-bond donors (Lipinski definition) is 1. The Bertz CT molecular complexity index is 1030. The lowest BCUT2D eigenvalue weighted by Gasteiger charge is -2.39. The number of rotatable bonds is 3. The maximum Gasteiger partial charge on any atom is 0.248 e. The summed E-state index contributed by atoms with van der Waals surface area (Å²) in [7, 11) is 0. The van der Waals surface area contributed by atoms with E-state index < -0.39 is 11.3 Å². The Morgan fingerprint density at radius 2 is 1.85 bits per heavy atom. The maximum absolute atomic E-state index is 11.6. The van der Waals surface area contributed by atoms with E-state index in [0.717, 1.165) is 48.0 Å². The molecule has 1 saturated heterocycles. The number of nitrogens with zero attached hydrogens (tertiary/aromatic N) is 3. The molecule has 1 aliphatic rings. The van der Waals surface area contributed by atoms with Gasteiger partial charge in [-0.05, 0) is 30.5 Å².